The maximum absolute atomic E-state index is 6.45. The van der Waals surface area contributed by atoms with Crippen LogP contribution in [0.5, 0.6) is 0 Å². The van der Waals surface area contributed by atoms with Crippen LogP contribution in [0.3, 0.4) is 0 Å². The van der Waals surface area contributed by atoms with E-state index in [4.69, 9.17) is 11.6 Å². The molecule has 0 amide bonds. The normalized spacial score (nSPS) is 11.2. The maximum atomic E-state index is 6.45. The number of aryl methyl sites for hydroxylation is 2. The van der Waals surface area contributed by atoms with E-state index in [0.29, 0.717) is 0 Å². The van der Waals surface area contributed by atoms with Gasteiger partial charge in [-0.3, -0.25) is 5.10 Å². The first-order chi connectivity index (χ1) is 11.8. The third-order valence-corrected chi connectivity index (χ3v) is 4.52. The number of hydrogen-bond donors (Lipinski definition) is 1. The number of H-pyrrole nitrogens is 1. The second-order valence-electron chi connectivity index (χ2n) is 5.82. The minimum absolute atomic E-state index is 0.727. The quantitative estimate of drug-likeness (QED) is 0.573. The molecule has 0 aliphatic rings. The number of nitrogens with one attached hydrogen (secondary N) is 1. The fourth-order valence-electron chi connectivity index (χ4n) is 2.97. The second kappa shape index (κ2) is 6.49. The molecular weight excluding hydrogens is 320 g/mol. The molecule has 2 aromatic carbocycles. The van der Waals surface area contributed by atoms with Gasteiger partial charge in [-0.05, 0) is 30.5 Å². The minimum atomic E-state index is 0.727. The lowest BCUT2D eigenvalue weighted by molar-refractivity contribution is 0.636. The molecule has 2 heterocycles. The Labute approximate surface area is 145 Å². The van der Waals surface area contributed by atoms with Crippen molar-refractivity contribution in [1.29, 1.82) is 0 Å². The average molecular weight is 337 g/mol. The van der Waals surface area contributed by atoms with Crippen LogP contribution in [0.25, 0.3) is 22.0 Å². The first-order valence-electron chi connectivity index (χ1n) is 7.99. The second-order valence-corrected chi connectivity index (χ2v) is 6.23. The molecule has 0 fully saturated rings. The largest absolute Gasteiger partial charge is 0.337 e. The van der Waals surface area contributed by atoms with Gasteiger partial charge in [0.05, 0.1) is 16.9 Å². The molecule has 5 heteroatoms. The van der Waals surface area contributed by atoms with E-state index in [1.165, 1.54) is 0 Å². The minimum Gasteiger partial charge on any atom is -0.337 e. The molecule has 0 atom stereocenters. The van der Waals surface area contributed by atoms with Crippen molar-refractivity contribution in [3.63, 3.8) is 0 Å². The van der Waals surface area contributed by atoms with Gasteiger partial charge >= 0.3 is 0 Å². The predicted octanol–water partition coefficient (Wildman–Crippen LogP) is 4.71. The van der Waals surface area contributed by atoms with Crippen molar-refractivity contribution in [3.8, 4) is 11.1 Å². The van der Waals surface area contributed by atoms with E-state index in [-0.39, 0.29) is 0 Å². The topological polar surface area (TPSA) is 46.5 Å². The van der Waals surface area contributed by atoms with Crippen LogP contribution in [-0.2, 0) is 13.0 Å². The molecule has 4 aromatic rings. The van der Waals surface area contributed by atoms with Gasteiger partial charge in [-0.25, -0.2) is 4.98 Å². The Morgan fingerprint density at radius 1 is 1.12 bits per heavy atom. The van der Waals surface area contributed by atoms with Crippen LogP contribution in [0, 0.1) is 0 Å². The number of nitrogens with zero attached hydrogens (tertiary/aromatic N) is 3. The summed E-state index contributed by atoms with van der Waals surface area (Å²) >= 11 is 6.45. The van der Waals surface area contributed by atoms with Gasteiger partial charge in [0.2, 0.25) is 0 Å². The molecule has 0 bridgehead atoms. The summed E-state index contributed by atoms with van der Waals surface area (Å²) in [6, 6.07) is 14.3. The number of halogens is 1. The Hall–Kier alpha value is -2.59. The van der Waals surface area contributed by atoms with Crippen LogP contribution in [0.4, 0.5) is 0 Å². The first kappa shape index (κ1) is 15.0. The number of aromatic nitrogens is 4. The number of rotatable bonds is 5. The molecule has 0 saturated heterocycles. The van der Waals surface area contributed by atoms with Gasteiger partial charge in [0.1, 0.15) is 0 Å². The summed E-state index contributed by atoms with van der Waals surface area (Å²) in [4.78, 5) is 4.07. The van der Waals surface area contributed by atoms with Gasteiger partial charge < -0.3 is 4.57 Å². The van der Waals surface area contributed by atoms with Crippen molar-refractivity contribution >= 4 is 22.5 Å². The fourth-order valence-corrected chi connectivity index (χ4v) is 3.24. The number of benzene rings is 2. The van der Waals surface area contributed by atoms with Crippen LogP contribution in [0.1, 0.15) is 12.1 Å². The van der Waals surface area contributed by atoms with Gasteiger partial charge in [-0.1, -0.05) is 41.9 Å². The van der Waals surface area contributed by atoms with E-state index < -0.39 is 0 Å². The first-order valence-corrected chi connectivity index (χ1v) is 8.37. The van der Waals surface area contributed by atoms with Crippen molar-refractivity contribution in [2.75, 3.05) is 0 Å². The van der Waals surface area contributed by atoms with Crippen LogP contribution in [-0.4, -0.2) is 19.7 Å². The van der Waals surface area contributed by atoms with Crippen molar-refractivity contribution in [1.82, 2.24) is 19.7 Å². The zero-order chi connectivity index (χ0) is 16.4. The molecule has 0 radical (unpaired) electrons. The fraction of sp³-hybridized carbons (Fsp3) is 0.158. The molecule has 4 nitrogen and oxygen atoms in total. The third kappa shape index (κ3) is 2.93. The summed E-state index contributed by atoms with van der Waals surface area (Å²) in [6.45, 7) is 0.944. The van der Waals surface area contributed by atoms with Crippen molar-refractivity contribution < 1.29 is 0 Å². The Kier molecular flexibility index (Phi) is 4.05. The van der Waals surface area contributed by atoms with Gasteiger partial charge in [-0.2, -0.15) is 5.10 Å². The van der Waals surface area contributed by atoms with Crippen molar-refractivity contribution in [2.24, 2.45) is 0 Å². The highest BCUT2D eigenvalue weighted by Crippen LogP contribution is 2.32. The molecule has 24 heavy (non-hydrogen) atoms. The van der Waals surface area contributed by atoms with Gasteiger partial charge in [0, 0.05) is 35.6 Å². The smallest absolute Gasteiger partial charge is 0.0945 e. The predicted molar refractivity (Wildman–Crippen MR) is 97.1 cm³/mol. The number of hydrogen-bond acceptors (Lipinski definition) is 2. The molecule has 1 N–H and O–H groups in total. The zero-order valence-electron chi connectivity index (χ0n) is 13.1. The van der Waals surface area contributed by atoms with E-state index in [1.807, 2.05) is 36.8 Å². The lowest BCUT2D eigenvalue weighted by atomic mass is 10.0. The molecule has 120 valence electrons. The Morgan fingerprint density at radius 2 is 2.00 bits per heavy atom. The van der Waals surface area contributed by atoms with Crippen LogP contribution in [0.2, 0.25) is 5.02 Å². The monoisotopic (exact) mass is 336 g/mol. The maximum Gasteiger partial charge on any atom is 0.0945 e. The standard InChI is InChI=1S/C19H17ClN4/c20-17-12-19-16(11-15(17)14-5-2-1-3-6-14)18(22-23-19)7-4-9-24-10-8-21-13-24/h1-3,5-6,8,10-13H,4,7,9H2,(H,22,23). The lowest BCUT2D eigenvalue weighted by Crippen LogP contribution is -1.97. The molecule has 0 aliphatic heterocycles. The summed E-state index contributed by atoms with van der Waals surface area (Å²) in [5.41, 5.74) is 4.23. The molecule has 0 unspecified atom stereocenters. The summed E-state index contributed by atoms with van der Waals surface area (Å²) in [5, 5.41) is 9.44. The molecule has 0 spiro atoms. The molecule has 2 aromatic heterocycles. The lowest BCUT2D eigenvalue weighted by Gasteiger charge is -2.06. The summed E-state index contributed by atoms with van der Waals surface area (Å²) in [5.74, 6) is 0. The average Bonchev–Trinajstić information content (AvgIpc) is 3.25. The van der Waals surface area contributed by atoms with Gasteiger partial charge in [0.25, 0.3) is 0 Å². The Bertz CT molecular complexity index is 942. The molecule has 0 saturated carbocycles. The van der Waals surface area contributed by atoms with Crippen molar-refractivity contribution in [3.05, 3.63) is 71.9 Å². The number of aromatic amines is 1. The molecule has 0 aliphatic carbocycles. The van der Waals surface area contributed by atoms with E-state index in [0.717, 1.165) is 52.1 Å². The van der Waals surface area contributed by atoms with E-state index in [9.17, 15) is 0 Å². The summed E-state index contributed by atoms with van der Waals surface area (Å²) in [7, 11) is 0. The van der Waals surface area contributed by atoms with E-state index in [2.05, 4.69) is 37.9 Å². The zero-order valence-corrected chi connectivity index (χ0v) is 13.9. The number of fused-ring (bicyclic) bond motifs is 1. The highest BCUT2D eigenvalue weighted by Gasteiger charge is 2.11. The van der Waals surface area contributed by atoms with E-state index in [1.54, 1.807) is 6.20 Å². The third-order valence-electron chi connectivity index (χ3n) is 4.21. The highest BCUT2D eigenvalue weighted by molar-refractivity contribution is 6.34. The highest BCUT2D eigenvalue weighted by atomic mass is 35.5. The number of imidazole rings is 1. The molecular formula is C19H17ClN4. The summed E-state index contributed by atoms with van der Waals surface area (Å²) in [6.07, 6.45) is 7.60. The summed E-state index contributed by atoms with van der Waals surface area (Å²) < 4.78 is 2.09. The van der Waals surface area contributed by atoms with Gasteiger partial charge in [-0.15, -0.1) is 0 Å². The Morgan fingerprint density at radius 3 is 2.79 bits per heavy atom. The Balaban J connectivity index is 1.62. The van der Waals surface area contributed by atoms with Crippen LogP contribution >= 0.6 is 11.6 Å². The van der Waals surface area contributed by atoms with Crippen molar-refractivity contribution in [2.45, 2.75) is 19.4 Å². The van der Waals surface area contributed by atoms with Crippen LogP contribution in [0.15, 0.2) is 61.2 Å². The van der Waals surface area contributed by atoms with Crippen LogP contribution < -0.4 is 0 Å². The molecule has 4 rings (SSSR count). The SMILES string of the molecule is Clc1cc2n[nH]c(CCCn3ccnc3)c2cc1-c1ccccc1. The van der Waals surface area contributed by atoms with Gasteiger partial charge in [0.15, 0.2) is 0 Å². The van der Waals surface area contributed by atoms with E-state index >= 15 is 0 Å².